The SMILES string of the molecule is CC1=NCc2ncc(-c3cncc(C(=O)N4CCNCC4)n3)cc21. The summed E-state index contributed by atoms with van der Waals surface area (Å²) in [6.07, 6.45) is 4.97. The van der Waals surface area contributed by atoms with Gasteiger partial charge in [-0.25, -0.2) is 4.98 Å². The lowest BCUT2D eigenvalue weighted by Crippen LogP contribution is -2.46. The lowest BCUT2D eigenvalue weighted by atomic mass is 10.1. The number of hydrogen-bond donors (Lipinski definition) is 1. The van der Waals surface area contributed by atoms with Crippen molar-refractivity contribution in [3.8, 4) is 11.3 Å². The van der Waals surface area contributed by atoms with Crippen LogP contribution < -0.4 is 5.32 Å². The molecule has 0 saturated carbocycles. The molecule has 1 saturated heterocycles. The van der Waals surface area contributed by atoms with E-state index < -0.39 is 0 Å². The fourth-order valence-electron chi connectivity index (χ4n) is 2.99. The molecule has 1 amide bonds. The maximum atomic E-state index is 12.6. The van der Waals surface area contributed by atoms with Crippen molar-refractivity contribution >= 4 is 11.6 Å². The number of carbonyl (C=O) groups excluding carboxylic acids is 1. The van der Waals surface area contributed by atoms with E-state index >= 15 is 0 Å². The van der Waals surface area contributed by atoms with E-state index in [9.17, 15) is 4.79 Å². The first-order valence-corrected chi connectivity index (χ1v) is 8.05. The van der Waals surface area contributed by atoms with E-state index in [2.05, 4.69) is 25.3 Å². The molecule has 0 aromatic carbocycles. The minimum atomic E-state index is -0.0716. The molecule has 4 heterocycles. The maximum absolute atomic E-state index is 12.6. The second-order valence-electron chi connectivity index (χ2n) is 5.95. The molecule has 0 atom stereocenters. The third-order valence-electron chi connectivity index (χ3n) is 4.38. The van der Waals surface area contributed by atoms with E-state index in [4.69, 9.17) is 0 Å². The van der Waals surface area contributed by atoms with Crippen molar-refractivity contribution in [3.63, 3.8) is 0 Å². The van der Waals surface area contributed by atoms with Crippen molar-refractivity contribution in [2.75, 3.05) is 26.2 Å². The summed E-state index contributed by atoms with van der Waals surface area (Å²) < 4.78 is 0. The molecule has 7 heteroatoms. The molecule has 4 rings (SSSR count). The minimum Gasteiger partial charge on any atom is -0.335 e. The van der Waals surface area contributed by atoms with Crippen LogP contribution in [0.2, 0.25) is 0 Å². The van der Waals surface area contributed by atoms with E-state index in [0.717, 1.165) is 35.6 Å². The predicted octanol–water partition coefficient (Wildman–Crippen LogP) is 0.907. The Morgan fingerprint density at radius 3 is 2.88 bits per heavy atom. The fraction of sp³-hybridized carbons (Fsp3) is 0.353. The van der Waals surface area contributed by atoms with Gasteiger partial charge in [-0.15, -0.1) is 0 Å². The van der Waals surface area contributed by atoms with E-state index in [1.54, 1.807) is 12.4 Å². The van der Waals surface area contributed by atoms with Gasteiger partial charge in [0.1, 0.15) is 5.69 Å². The van der Waals surface area contributed by atoms with Gasteiger partial charge in [0.2, 0.25) is 0 Å². The predicted molar refractivity (Wildman–Crippen MR) is 90.0 cm³/mol. The molecule has 24 heavy (non-hydrogen) atoms. The number of rotatable bonds is 2. The van der Waals surface area contributed by atoms with Gasteiger partial charge in [-0.05, 0) is 13.0 Å². The lowest BCUT2D eigenvalue weighted by Gasteiger charge is -2.27. The number of aliphatic imine (C=N–C) groups is 1. The molecule has 2 aliphatic rings. The Balaban J connectivity index is 1.64. The Morgan fingerprint density at radius 2 is 2.04 bits per heavy atom. The molecule has 2 aliphatic heterocycles. The van der Waals surface area contributed by atoms with Gasteiger partial charge in [-0.1, -0.05) is 0 Å². The molecule has 0 bridgehead atoms. The van der Waals surface area contributed by atoms with E-state index in [-0.39, 0.29) is 5.91 Å². The number of amides is 1. The Labute approximate surface area is 139 Å². The normalized spacial score (nSPS) is 16.7. The molecule has 7 nitrogen and oxygen atoms in total. The van der Waals surface area contributed by atoms with Crippen molar-refractivity contribution in [2.45, 2.75) is 13.5 Å². The standard InChI is InChI=1S/C17H18N6O/c1-11-13-6-12(7-21-15(13)10-20-11)14-8-19-9-16(22-14)17(24)23-4-2-18-3-5-23/h6-9,18H,2-5,10H2,1H3. The molecule has 2 aromatic rings. The fourth-order valence-corrected chi connectivity index (χ4v) is 2.99. The van der Waals surface area contributed by atoms with Crippen LogP contribution in [0.1, 0.15) is 28.7 Å². The average Bonchev–Trinajstić information content (AvgIpc) is 3.02. The molecule has 2 aromatic heterocycles. The van der Waals surface area contributed by atoms with Gasteiger partial charge in [-0.2, -0.15) is 0 Å². The van der Waals surface area contributed by atoms with Gasteiger partial charge < -0.3 is 10.2 Å². The first-order chi connectivity index (χ1) is 11.7. The van der Waals surface area contributed by atoms with E-state index in [0.29, 0.717) is 31.0 Å². The smallest absolute Gasteiger partial charge is 0.274 e. The molecule has 0 aliphatic carbocycles. The number of hydrogen-bond acceptors (Lipinski definition) is 6. The summed E-state index contributed by atoms with van der Waals surface area (Å²) in [5.74, 6) is -0.0716. The molecular weight excluding hydrogens is 304 g/mol. The highest BCUT2D eigenvalue weighted by Gasteiger charge is 2.20. The summed E-state index contributed by atoms with van der Waals surface area (Å²) >= 11 is 0. The minimum absolute atomic E-state index is 0.0716. The number of piperazine rings is 1. The molecule has 1 fully saturated rings. The Morgan fingerprint density at radius 1 is 1.21 bits per heavy atom. The van der Waals surface area contributed by atoms with Crippen molar-refractivity contribution < 1.29 is 4.79 Å². The second kappa shape index (κ2) is 6.09. The summed E-state index contributed by atoms with van der Waals surface area (Å²) in [6, 6.07) is 2.03. The van der Waals surface area contributed by atoms with Crippen LogP contribution in [0.4, 0.5) is 0 Å². The number of carbonyl (C=O) groups is 1. The summed E-state index contributed by atoms with van der Waals surface area (Å²) in [5.41, 5.74) is 4.91. The first-order valence-electron chi connectivity index (χ1n) is 8.05. The zero-order chi connectivity index (χ0) is 16.5. The van der Waals surface area contributed by atoms with Crippen LogP contribution in [-0.2, 0) is 6.54 Å². The van der Waals surface area contributed by atoms with Gasteiger partial charge >= 0.3 is 0 Å². The zero-order valence-corrected chi connectivity index (χ0v) is 13.5. The Hall–Kier alpha value is -2.67. The molecular formula is C17H18N6O. The number of nitrogens with zero attached hydrogens (tertiary/aromatic N) is 5. The van der Waals surface area contributed by atoms with Gasteiger partial charge in [-0.3, -0.25) is 19.8 Å². The van der Waals surface area contributed by atoms with Crippen LogP contribution in [0, 0.1) is 0 Å². The lowest BCUT2D eigenvalue weighted by molar-refractivity contribution is 0.0729. The summed E-state index contributed by atoms with van der Waals surface area (Å²) in [5, 5.41) is 3.24. The third kappa shape index (κ3) is 2.67. The Kier molecular flexibility index (Phi) is 3.78. The van der Waals surface area contributed by atoms with Gasteiger partial charge in [0, 0.05) is 49.2 Å². The quantitative estimate of drug-likeness (QED) is 0.888. The number of fused-ring (bicyclic) bond motifs is 1. The van der Waals surface area contributed by atoms with Crippen LogP contribution in [-0.4, -0.2) is 57.6 Å². The number of nitrogens with one attached hydrogen (secondary N) is 1. The van der Waals surface area contributed by atoms with Crippen LogP contribution in [0.5, 0.6) is 0 Å². The van der Waals surface area contributed by atoms with Crippen molar-refractivity contribution in [1.29, 1.82) is 0 Å². The molecule has 0 radical (unpaired) electrons. The number of aromatic nitrogens is 3. The molecule has 122 valence electrons. The number of pyridine rings is 1. The second-order valence-corrected chi connectivity index (χ2v) is 5.95. The van der Waals surface area contributed by atoms with Crippen LogP contribution >= 0.6 is 0 Å². The van der Waals surface area contributed by atoms with Gasteiger partial charge in [0.25, 0.3) is 5.91 Å². The van der Waals surface area contributed by atoms with E-state index in [1.807, 2.05) is 17.9 Å². The van der Waals surface area contributed by atoms with Crippen molar-refractivity contribution in [2.24, 2.45) is 4.99 Å². The van der Waals surface area contributed by atoms with Crippen LogP contribution in [0.3, 0.4) is 0 Å². The maximum Gasteiger partial charge on any atom is 0.274 e. The highest BCUT2D eigenvalue weighted by molar-refractivity contribution is 6.02. The average molecular weight is 322 g/mol. The van der Waals surface area contributed by atoms with Crippen molar-refractivity contribution in [1.82, 2.24) is 25.2 Å². The largest absolute Gasteiger partial charge is 0.335 e. The summed E-state index contributed by atoms with van der Waals surface area (Å²) in [4.78, 5) is 32.0. The molecule has 1 N–H and O–H groups in total. The van der Waals surface area contributed by atoms with Crippen molar-refractivity contribution in [3.05, 3.63) is 41.6 Å². The monoisotopic (exact) mass is 322 g/mol. The van der Waals surface area contributed by atoms with Crippen LogP contribution in [0.15, 0.2) is 29.6 Å². The third-order valence-corrected chi connectivity index (χ3v) is 4.38. The zero-order valence-electron chi connectivity index (χ0n) is 13.5. The van der Waals surface area contributed by atoms with Gasteiger partial charge in [0.15, 0.2) is 0 Å². The van der Waals surface area contributed by atoms with Gasteiger partial charge in [0.05, 0.1) is 30.3 Å². The van der Waals surface area contributed by atoms with E-state index in [1.165, 1.54) is 6.20 Å². The first kappa shape index (κ1) is 14.9. The topological polar surface area (TPSA) is 83.4 Å². The highest BCUT2D eigenvalue weighted by atomic mass is 16.2. The Bertz CT molecular complexity index is 826. The molecule has 0 unspecified atom stereocenters. The summed E-state index contributed by atoms with van der Waals surface area (Å²) in [6.45, 7) is 5.63. The van der Waals surface area contributed by atoms with Crippen LogP contribution in [0.25, 0.3) is 11.3 Å². The summed E-state index contributed by atoms with van der Waals surface area (Å²) in [7, 11) is 0. The highest BCUT2D eigenvalue weighted by Crippen LogP contribution is 2.23. The molecule has 0 spiro atoms.